The lowest BCUT2D eigenvalue weighted by Gasteiger charge is -2.10. The molecule has 0 saturated heterocycles. The van der Waals surface area contributed by atoms with E-state index in [0.29, 0.717) is 11.4 Å². The predicted molar refractivity (Wildman–Crippen MR) is 99.6 cm³/mol. The molecule has 0 aliphatic rings. The van der Waals surface area contributed by atoms with E-state index in [9.17, 15) is 5.11 Å². The van der Waals surface area contributed by atoms with Crippen molar-refractivity contribution in [2.45, 2.75) is 6.42 Å². The van der Waals surface area contributed by atoms with Crippen LogP contribution in [0.3, 0.4) is 0 Å². The minimum atomic E-state index is 0.170. The van der Waals surface area contributed by atoms with Crippen molar-refractivity contribution in [2.75, 3.05) is 11.9 Å². The van der Waals surface area contributed by atoms with E-state index < -0.39 is 0 Å². The van der Waals surface area contributed by atoms with Gasteiger partial charge in [0.25, 0.3) is 0 Å². The molecule has 5 nitrogen and oxygen atoms in total. The Labute approximate surface area is 145 Å². The van der Waals surface area contributed by atoms with Gasteiger partial charge in [-0.3, -0.25) is 0 Å². The van der Waals surface area contributed by atoms with Crippen molar-refractivity contribution in [3.05, 3.63) is 72.4 Å². The average molecular weight is 330 g/mol. The second-order valence-corrected chi connectivity index (χ2v) is 5.82. The number of para-hydroxylation sites is 1. The summed E-state index contributed by atoms with van der Waals surface area (Å²) in [6, 6.07) is 19.4. The molecular formula is C20H18N4O. The van der Waals surface area contributed by atoms with Gasteiger partial charge in [0.05, 0.1) is 10.9 Å². The number of rotatable bonds is 5. The van der Waals surface area contributed by atoms with Crippen LogP contribution in [-0.4, -0.2) is 26.6 Å². The molecule has 2 aromatic heterocycles. The maximum absolute atomic E-state index is 10.1. The lowest BCUT2D eigenvalue weighted by atomic mass is 10.1. The smallest absolute Gasteiger partial charge is 0.167 e. The molecule has 0 aliphatic heterocycles. The highest BCUT2D eigenvalue weighted by atomic mass is 16.3. The van der Waals surface area contributed by atoms with Crippen LogP contribution in [0.25, 0.3) is 22.4 Å². The Hall–Kier alpha value is -3.34. The highest BCUT2D eigenvalue weighted by Gasteiger charge is 2.12. The highest BCUT2D eigenvalue weighted by molar-refractivity contribution is 5.89. The lowest BCUT2D eigenvalue weighted by Crippen LogP contribution is -2.07. The molecule has 0 atom stereocenters. The van der Waals surface area contributed by atoms with Crippen LogP contribution in [0, 0.1) is 0 Å². The van der Waals surface area contributed by atoms with Crippen LogP contribution in [0.1, 0.15) is 5.56 Å². The summed E-state index contributed by atoms with van der Waals surface area (Å²) in [7, 11) is 0. The zero-order valence-corrected chi connectivity index (χ0v) is 13.6. The zero-order valence-electron chi connectivity index (χ0n) is 13.6. The van der Waals surface area contributed by atoms with Crippen molar-refractivity contribution >= 4 is 16.9 Å². The van der Waals surface area contributed by atoms with Crippen molar-refractivity contribution in [1.29, 1.82) is 0 Å². The van der Waals surface area contributed by atoms with E-state index in [-0.39, 0.29) is 5.75 Å². The monoisotopic (exact) mass is 330 g/mol. The molecule has 5 heteroatoms. The molecule has 4 rings (SSSR count). The van der Waals surface area contributed by atoms with Crippen LogP contribution < -0.4 is 5.32 Å². The van der Waals surface area contributed by atoms with Gasteiger partial charge >= 0.3 is 0 Å². The van der Waals surface area contributed by atoms with E-state index in [1.54, 1.807) is 12.1 Å². The zero-order chi connectivity index (χ0) is 17.1. The Morgan fingerprint density at radius 2 is 1.72 bits per heavy atom. The summed E-state index contributed by atoms with van der Waals surface area (Å²) in [5, 5.41) is 14.4. The third-order valence-corrected chi connectivity index (χ3v) is 4.11. The fraction of sp³-hybridized carbons (Fsp3) is 0.100. The summed E-state index contributed by atoms with van der Waals surface area (Å²) in [5.74, 6) is 1.43. The van der Waals surface area contributed by atoms with E-state index in [0.717, 1.165) is 29.8 Å². The standard InChI is InChI=1S/C20H18N4O/c25-17-9-5-4-8-15(17)20-23-18(16-11-13-22-19(16)24-20)21-12-10-14-6-2-1-3-7-14/h1-9,11,13,25H,10,12H2,(H2,21,22,23,24). The van der Waals surface area contributed by atoms with E-state index in [4.69, 9.17) is 0 Å². The Morgan fingerprint density at radius 3 is 2.56 bits per heavy atom. The number of aromatic nitrogens is 3. The molecule has 0 amide bonds. The topological polar surface area (TPSA) is 73.8 Å². The van der Waals surface area contributed by atoms with E-state index in [2.05, 4.69) is 32.4 Å². The number of nitrogens with zero attached hydrogens (tertiary/aromatic N) is 2. The van der Waals surface area contributed by atoms with Gasteiger partial charge in [0, 0.05) is 12.7 Å². The van der Waals surface area contributed by atoms with Crippen LogP contribution in [0.4, 0.5) is 5.82 Å². The number of fused-ring (bicyclic) bond motifs is 1. The normalized spacial score (nSPS) is 10.9. The Morgan fingerprint density at radius 1 is 0.920 bits per heavy atom. The molecule has 0 spiro atoms. The number of nitrogens with one attached hydrogen (secondary N) is 2. The van der Waals surface area contributed by atoms with Gasteiger partial charge in [-0.2, -0.15) is 0 Å². The third kappa shape index (κ3) is 3.17. The molecule has 25 heavy (non-hydrogen) atoms. The maximum atomic E-state index is 10.1. The van der Waals surface area contributed by atoms with Gasteiger partial charge in [0.15, 0.2) is 5.82 Å². The second-order valence-electron chi connectivity index (χ2n) is 5.82. The van der Waals surface area contributed by atoms with Crippen molar-refractivity contribution < 1.29 is 5.11 Å². The van der Waals surface area contributed by atoms with Crippen LogP contribution in [0.15, 0.2) is 66.9 Å². The van der Waals surface area contributed by atoms with Crippen molar-refractivity contribution in [3.8, 4) is 17.1 Å². The number of benzene rings is 2. The fourth-order valence-corrected chi connectivity index (χ4v) is 2.83. The van der Waals surface area contributed by atoms with Crippen molar-refractivity contribution in [1.82, 2.24) is 15.0 Å². The Kier molecular flexibility index (Phi) is 4.04. The van der Waals surface area contributed by atoms with Gasteiger partial charge in [-0.1, -0.05) is 42.5 Å². The number of aromatic hydroxyl groups is 1. The molecule has 0 saturated carbocycles. The van der Waals surface area contributed by atoms with Gasteiger partial charge in [-0.15, -0.1) is 0 Å². The first-order chi connectivity index (χ1) is 12.3. The number of anilines is 1. The van der Waals surface area contributed by atoms with Gasteiger partial charge in [0.2, 0.25) is 0 Å². The summed E-state index contributed by atoms with van der Waals surface area (Å²) >= 11 is 0. The molecule has 0 radical (unpaired) electrons. The number of phenolic OH excluding ortho intramolecular Hbond substituents is 1. The second kappa shape index (κ2) is 6.65. The van der Waals surface area contributed by atoms with Crippen molar-refractivity contribution in [3.63, 3.8) is 0 Å². The van der Waals surface area contributed by atoms with Gasteiger partial charge in [-0.05, 0) is 30.2 Å². The fourth-order valence-electron chi connectivity index (χ4n) is 2.83. The van der Waals surface area contributed by atoms with Gasteiger partial charge in [-0.25, -0.2) is 9.97 Å². The Bertz CT molecular complexity index is 995. The number of aromatic amines is 1. The number of hydrogen-bond acceptors (Lipinski definition) is 4. The molecule has 2 heterocycles. The van der Waals surface area contributed by atoms with Crippen LogP contribution in [0.5, 0.6) is 5.75 Å². The average Bonchev–Trinajstić information content (AvgIpc) is 3.12. The highest BCUT2D eigenvalue weighted by Crippen LogP contribution is 2.29. The maximum Gasteiger partial charge on any atom is 0.167 e. The first-order valence-electron chi connectivity index (χ1n) is 8.22. The van der Waals surface area contributed by atoms with Gasteiger partial charge in [0.1, 0.15) is 17.2 Å². The van der Waals surface area contributed by atoms with E-state index in [1.165, 1.54) is 5.56 Å². The summed E-state index contributed by atoms with van der Waals surface area (Å²) in [6.45, 7) is 0.765. The van der Waals surface area contributed by atoms with Crippen LogP contribution >= 0.6 is 0 Å². The number of phenols is 1. The molecule has 0 fully saturated rings. The minimum Gasteiger partial charge on any atom is -0.507 e. The van der Waals surface area contributed by atoms with Crippen molar-refractivity contribution in [2.24, 2.45) is 0 Å². The molecule has 2 aromatic carbocycles. The predicted octanol–water partition coefficient (Wildman–Crippen LogP) is 3.99. The van der Waals surface area contributed by atoms with E-state index >= 15 is 0 Å². The summed E-state index contributed by atoms with van der Waals surface area (Å²) < 4.78 is 0. The first kappa shape index (κ1) is 15.2. The molecule has 0 aliphatic carbocycles. The molecule has 124 valence electrons. The molecule has 4 aromatic rings. The summed E-state index contributed by atoms with van der Waals surface area (Å²) in [6.07, 6.45) is 2.75. The number of hydrogen-bond donors (Lipinski definition) is 3. The van der Waals surface area contributed by atoms with E-state index in [1.807, 2.05) is 42.6 Å². The minimum absolute atomic E-state index is 0.170. The summed E-state index contributed by atoms with van der Waals surface area (Å²) in [5.41, 5.74) is 2.64. The lowest BCUT2D eigenvalue weighted by molar-refractivity contribution is 0.477. The quantitative estimate of drug-likeness (QED) is 0.517. The third-order valence-electron chi connectivity index (χ3n) is 4.11. The molecular weight excluding hydrogens is 312 g/mol. The first-order valence-corrected chi connectivity index (χ1v) is 8.22. The molecule has 0 bridgehead atoms. The van der Waals surface area contributed by atoms with Gasteiger partial charge < -0.3 is 15.4 Å². The number of H-pyrrole nitrogens is 1. The largest absolute Gasteiger partial charge is 0.507 e. The Balaban J connectivity index is 1.63. The molecule has 3 N–H and O–H groups in total. The SMILES string of the molecule is Oc1ccccc1-c1nc(NCCc2ccccc2)c2cc[nH]c2n1. The summed E-state index contributed by atoms with van der Waals surface area (Å²) in [4.78, 5) is 12.3. The van der Waals surface area contributed by atoms with Crippen LogP contribution in [0.2, 0.25) is 0 Å². The molecule has 0 unspecified atom stereocenters. The van der Waals surface area contributed by atoms with Crippen LogP contribution in [-0.2, 0) is 6.42 Å².